The van der Waals surface area contributed by atoms with E-state index in [1.54, 1.807) is 11.8 Å². The molecule has 0 aliphatic rings. The fourth-order valence-corrected chi connectivity index (χ4v) is 2.59. The van der Waals surface area contributed by atoms with Crippen LogP contribution < -0.4 is 10.6 Å². The summed E-state index contributed by atoms with van der Waals surface area (Å²) in [5, 5.41) is 7.62. The van der Waals surface area contributed by atoms with Crippen LogP contribution in [-0.2, 0) is 0 Å². The van der Waals surface area contributed by atoms with E-state index in [1.165, 1.54) is 4.90 Å². The van der Waals surface area contributed by atoms with Crippen LogP contribution in [0.15, 0.2) is 47.4 Å². The second kappa shape index (κ2) is 6.97. The first kappa shape index (κ1) is 15.2. The van der Waals surface area contributed by atoms with Gasteiger partial charge in [-0.25, -0.2) is 0 Å². The number of aryl methyl sites for hydroxylation is 1. The van der Waals surface area contributed by atoms with E-state index >= 15 is 0 Å². The Labute approximate surface area is 133 Å². The monoisotopic (exact) mass is 322 g/mol. The summed E-state index contributed by atoms with van der Waals surface area (Å²) < 4.78 is 0. The summed E-state index contributed by atoms with van der Waals surface area (Å²) in [6, 6.07) is 13.8. The van der Waals surface area contributed by atoms with Gasteiger partial charge in [0.1, 0.15) is 0 Å². The van der Waals surface area contributed by atoms with E-state index in [2.05, 4.69) is 29.0 Å². The molecule has 0 aliphatic heterocycles. The predicted molar refractivity (Wildman–Crippen MR) is 94.3 cm³/mol. The molecule has 104 valence electrons. The van der Waals surface area contributed by atoms with Crippen molar-refractivity contribution in [3.8, 4) is 0 Å². The minimum absolute atomic E-state index is 0.562. The van der Waals surface area contributed by atoms with Gasteiger partial charge in [0.2, 0.25) is 0 Å². The normalized spacial score (nSPS) is 10.2. The lowest BCUT2D eigenvalue weighted by atomic mass is 10.2. The molecule has 0 amide bonds. The van der Waals surface area contributed by atoms with Gasteiger partial charge in [0, 0.05) is 21.3 Å². The molecule has 0 radical (unpaired) electrons. The molecule has 0 unspecified atom stereocenters. The number of halogens is 1. The van der Waals surface area contributed by atoms with Gasteiger partial charge in [-0.1, -0.05) is 11.6 Å². The van der Waals surface area contributed by atoms with Crippen molar-refractivity contribution in [1.29, 1.82) is 0 Å². The number of nitrogens with one attached hydrogen (secondary N) is 2. The largest absolute Gasteiger partial charge is 0.332 e. The van der Waals surface area contributed by atoms with Crippen LogP contribution in [0, 0.1) is 6.92 Å². The molecule has 2 aromatic rings. The van der Waals surface area contributed by atoms with Crippen molar-refractivity contribution in [2.75, 3.05) is 16.9 Å². The maximum absolute atomic E-state index is 5.93. The van der Waals surface area contributed by atoms with E-state index in [-0.39, 0.29) is 0 Å². The SMILES string of the molecule is CSc1ccc(NC(=S)Nc2ccc(Cl)cc2C)cc1. The Kier molecular flexibility index (Phi) is 5.29. The molecular weight excluding hydrogens is 308 g/mol. The minimum Gasteiger partial charge on any atom is -0.332 e. The van der Waals surface area contributed by atoms with Crippen LogP contribution in [0.25, 0.3) is 0 Å². The first-order valence-corrected chi connectivity index (χ1v) is 8.08. The molecule has 0 atom stereocenters. The van der Waals surface area contributed by atoms with Crippen LogP contribution in [0.2, 0.25) is 5.02 Å². The molecule has 2 nitrogen and oxygen atoms in total. The highest BCUT2D eigenvalue weighted by Gasteiger charge is 2.02. The third-order valence-corrected chi connectivity index (χ3v) is 3.97. The van der Waals surface area contributed by atoms with Crippen LogP contribution in [0.3, 0.4) is 0 Å². The molecule has 0 aliphatic carbocycles. The Morgan fingerprint density at radius 3 is 2.40 bits per heavy atom. The summed E-state index contributed by atoms with van der Waals surface area (Å²) in [4.78, 5) is 1.22. The number of thioether (sulfide) groups is 1. The van der Waals surface area contributed by atoms with Crippen LogP contribution in [0.4, 0.5) is 11.4 Å². The van der Waals surface area contributed by atoms with Gasteiger partial charge in [-0.3, -0.25) is 0 Å². The van der Waals surface area contributed by atoms with E-state index in [0.717, 1.165) is 22.0 Å². The molecular formula is C15H15ClN2S2. The highest BCUT2D eigenvalue weighted by Crippen LogP contribution is 2.21. The minimum atomic E-state index is 0.562. The Bertz CT molecular complexity index is 612. The van der Waals surface area contributed by atoms with Gasteiger partial charge in [0.25, 0.3) is 0 Å². The van der Waals surface area contributed by atoms with Gasteiger partial charge < -0.3 is 10.6 Å². The van der Waals surface area contributed by atoms with Gasteiger partial charge in [-0.05, 0) is 73.4 Å². The highest BCUT2D eigenvalue weighted by molar-refractivity contribution is 7.98. The van der Waals surface area contributed by atoms with Crippen LogP contribution >= 0.6 is 35.6 Å². The van der Waals surface area contributed by atoms with E-state index in [9.17, 15) is 0 Å². The number of hydrogen-bond donors (Lipinski definition) is 2. The van der Waals surface area contributed by atoms with Crippen molar-refractivity contribution in [3.05, 3.63) is 53.1 Å². The third-order valence-electron chi connectivity index (χ3n) is 2.78. The van der Waals surface area contributed by atoms with Crippen LogP contribution in [0.1, 0.15) is 5.56 Å². The topological polar surface area (TPSA) is 24.1 Å². The summed E-state index contributed by atoms with van der Waals surface area (Å²) in [5.74, 6) is 0. The summed E-state index contributed by atoms with van der Waals surface area (Å²) >= 11 is 13.0. The van der Waals surface area contributed by atoms with Crippen molar-refractivity contribution in [2.24, 2.45) is 0 Å². The average Bonchev–Trinajstić information content (AvgIpc) is 2.43. The average molecular weight is 323 g/mol. The predicted octanol–water partition coefficient (Wildman–Crippen LogP) is 5.18. The van der Waals surface area contributed by atoms with Crippen molar-refractivity contribution < 1.29 is 0 Å². The number of rotatable bonds is 3. The summed E-state index contributed by atoms with van der Waals surface area (Å²) in [6.45, 7) is 1.99. The molecule has 0 aromatic heterocycles. The van der Waals surface area contributed by atoms with E-state index < -0.39 is 0 Å². The zero-order chi connectivity index (χ0) is 14.5. The molecule has 0 fully saturated rings. The van der Waals surface area contributed by atoms with Gasteiger partial charge in [-0.2, -0.15) is 0 Å². The van der Waals surface area contributed by atoms with Crippen molar-refractivity contribution in [1.82, 2.24) is 0 Å². The lowest BCUT2D eigenvalue weighted by Crippen LogP contribution is -2.19. The molecule has 20 heavy (non-hydrogen) atoms. The van der Waals surface area contributed by atoms with Crippen molar-refractivity contribution >= 4 is 52.1 Å². The number of anilines is 2. The number of benzene rings is 2. The Balaban J connectivity index is 2.01. The van der Waals surface area contributed by atoms with Gasteiger partial charge >= 0.3 is 0 Å². The molecule has 0 spiro atoms. The molecule has 2 N–H and O–H groups in total. The molecule has 0 saturated carbocycles. The second-order valence-corrected chi connectivity index (χ2v) is 5.99. The number of thiocarbonyl (C=S) groups is 1. The van der Waals surface area contributed by atoms with Gasteiger partial charge in [0.15, 0.2) is 5.11 Å². The summed E-state index contributed by atoms with van der Waals surface area (Å²) in [5.41, 5.74) is 2.97. The molecule has 0 bridgehead atoms. The first-order chi connectivity index (χ1) is 9.58. The zero-order valence-electron chi connectivity index (χ0n) is 11.2. The van der Waals surface area contributed by atoms with Crippen molar-refractivity contribution in [3.63, 3.8) is 0 Å². The first-order valence-electron chi connectivity index (χ1n) is 6.06. The fourth-order valence-electron chi connectivity index (χ4n) is 1.73. The molecule has 2 aromatic carbocycles. The lowest BCUT2D eigenvalue weighted by Gasteiger charge is -2.13. The standard InChI is InChI=1S/C15H15ClN2S2/c1-10-9-11(16)3-8-14(10)18-15(19)17-12-4-6-13(20-2)7-5-12/h3-9H,1-2H3,(H2,17,18,19). The summed E-state index contributed by atoms with van der Waals surface area (Å²) in [6.07, 6.45) is 2.05. The third kappa shape index (κ3) is 4.13. The summed E-state index contributed by atoms with van der Waals surface area (Å²) in [7, 11) is 0. The molecule has 0 saturated heterocycles. The Hall–Kier alpha value is -1.23. The van der Waals surface area contributed by atoms with Crippen molar-refractivity contribution in [2.45, 2.75) is 11.8 Å². The molecule has 2 rings (SSSR count). The highest BCUT2D eigenvalue weighted by atomic mass is 35.5. The maximum atomic E-state index is 5.93. The molecule has 0 heterocycles. The number of hydrogen-bond acceptors (Lipinski definition) is 2. The fraction of sp³-hybridized carbons (Fsp3) is 0.133. The quantitative estimate of drug-likeness (QED) is 0.600. The van der Waals surface area contributed by atoms with E-state index in [0.29, 0.717) is 5.11 Å². The van der Waals surface area contributed by atoms with E-state index in [1.807, 2.05) is 37.3 Å². The zero-order valence-corrected chi connectivity index (χ0v) is 13.6. The smallest absolute Gasteiger partial charge is 0.175 e. The van der Waals surface area contributed by atoms with Gasteiger partial charge in [0.05, 0.1) is 0 Å². The second-order valence-electron chi connectivity index (χ2n) is 4.27. The van der Waals surface area contributed by atoms with Gasteiger partial charge in [-0.15, -0.1) is 11.8 Å². The Morgan fingerprint density at radius 2 is 1.80 bits per heavy atom. The van der Waals surface area contributed by atoms with Crippen LogP contribution in [0.5, 0.6) is 0 Å². The van der Waals surface area contributed by atoms with Crippen LogP contribution in [-0.4, -0.2) is 11.4 Å². The van der Waals surface area contributed by atoms with E-state index in [4.69, 9.17) is 23.8 Å². The Morgan fingerprint density at radius 1 is 1.10 bits per heavy atom. The molecule has 5 heteroatoms. The maximum Gasteiger partial charge on any atom is 0.175 e. The lowest BCUT2D eigenvalue weighted by molar-refractivity contribution is 1.44.